The molecule has 10 heteroatoms. The van der Waals surface area contributed by atoms with Crippen LogP contribution in [-0.4, -0.2) is 33.1 Å². The first kappa shape index (κ1) is 26.6. The summed E-state index contributed by atoms with van der Waals surface area (Å²) in [5, 5.41) is 3.71. The van der Waals surface area contributed by atoms with E-state index in [-0.39, 0.29) is 19.1 Å². The molecule has 0 spiro atoms. The molecule has 0 saturated heterocycles. The summed E-state index contributed by atoms with van der Waals surface area (Å²) >= 11 is 0. The zero-order chi connectivity index (χ0) is 24.5. The lowest BCUT2D eigenvalue weighted by Crippen LogP contribution is -2.48. The van der Waals surface area contributed by atoms with E-state index in [0.29, 0.717) is 16.7 Å². The summed E-state index contributed by atoms with van der Waals surface area (Å²) in [6.07, 6.45) is -2.94. The molecule has 2 N–H and O–H groups in total. The fourth-order valence-corrected chi connectivity index (χ4v) is 3.93. The van der Waals surface area contributed by atoms with Crippen molar-refractivity contribution in [1.82, 2.24) is 10.0 Å². The SMILES string of the molecule is CC(C)[C@H](NS(=O)(=O)/C=C/c1ccccc1)C(=O)NCc1ccc(COCC(F)(F)F)cc1. The number of alkyl halides is 3. The average Bonchev–Trinajstić information content (AvgIpc) is 2.75. The van der Waals surface area contributed by atoms with Crippen LogP contribution >= 0.6 is 0 Å². The lowest BCUT2D eigenvalue weighted by molar-refractivity contribution is -0.176. The molecular formula is C23H27F3N2O4S. The molecule has 1 amide bonds. The zero-order valence-electron chi connectivity index (χ0n) is 18.3. The summed E-state index contributed by atoms with van der Waals surface area (Å²) in [7, 11) is -3.86. The van der Waals surface area contributed by atoms with Gasteiger partial charge in [-0.15, -0.1) is 0 Å². The predicted molar refractivity (Wildman–Crippen MR) is 120 cm³/mol. The Kier molecular flexibility index (Phi) is 9.63. The molecule has 0 aliphatic heterocycles. The van der Waals surface area contributed by atoms with Gasteiger partial charge in [-0.25, -0.2) is 8.42 Å². The number of hydrogen-bond donors (Lipinski definition) is 2. The molecule has 0 unspecified atom stereocenters. The van der Waals surface area contributed by atoms with Gasteiger partial charge in [-0.3, -0.25) is 4.79 Å². The van der Waals surface area contributed by atoms with Crippen LogP contribution in [0.25, 0.3) is 6.08 Å². The second-order valence-corrected chi connectivity index (χ2v) is 9.34. The van der Waals surface area contributed by atoms with Gasteiger partial charge in [0.1, 0.15) is 12.6 Å². The van der Waals surface area contributed by atoms with Gasteiger partial charge in [-0.2, -0.15) is 17.9 Å². The van der Waals surface area contributed by atoms with Crippen molar-refractivity contribution >= 4 is 22.0 Å². The van der Waals surface area contributed by atoms with Crippen LogP contribution in [0.3, 0.4) is 0 Å². The van der Waals surface area contributed by atoms with Gasteiger partial charge in [0.25, 0.3) is 0 Å². The summed E-state index contributed by atoms with van der Waals surface area (Å²) in [6.45, 7) is 2.08. The van der Waals surface area contributed by atoms with E-state index in [0.717, 1.165) is 5.41 Å². The van der Waals surface area contributed by atoms with Crippen LogP contribution < -0.4 is 10.0 Å². The fraction of sp³-hybridized carbons (Fsp3) is 0.348. The van der Waals surface area contributed by atoms with E-state index < -0.39 is 34.8 Å². The number of carbonyl (C=O) groups is 1. The number of amides is 1. The topological polar surface area (TPSA) is 84.5 Å². The Hall–Kier alpha value is -2.69. The molecule has 2 aromatic rings. The lowest BCUT2D eigenvalue weighted by atomic mass is 10.0. The van der Waals surface area contributed by atoms with Crippen molar-refractivity contribution in [2.75, 3.05) is 6.61 Å². The lowest BCUT2D eigenvalue weighted by Gasteiger charge is -2.20. The van der Waals surface area contributed by atoms with Gasteiger partial charge < -0.3 is 10.1 Å². The minimum Gasteiger partial charge on any atom is -0.367 e. The van der Waals surface area contributed by atoms with Crippen molar-refractivity contribution in [3.05, 3.63) is 76.7 Å². The summed E-state index contributed by atoms with van der Waals surface area (Å²) < 4.78 is 68.3. The molecule has 0 fully saturated rings. The molecule has 2 aromatic carbocycles. The molecule has 0 aliphatic rings. The van der Waals surface area contributed by atoms with Gasteiger partial charge in [0.2, 0.25) is 15.9 Å². The second kappa shape index (κ2) is 12.0. The Morgan fingerprint density at radius 3 is 2.21 bits per heavy atom. The molecular weight excluding hydrogens is 457 g/mol. The number of ether oxygens (including phenoxy) is 1. The van der Waals surface area contributed by atoms with Crippen LogP contribution in [0.2, 0.25) is 0 Å². The van der Waals surface area contributed by atoms with Crippen molar-refractivity contribution in [2.45, 2.75) is 39.2 Å². The molecule has 0 radical (unpaired) electrons. The highest BCUT2D eigenvalue weighted by atomic mass is 32.2. The highest BCUT2D eigenvalue weighted by Crippen LogP contribution is 2.16. The Labute approximate surface area is 191 Å². The van der Waals surface area contributed by atoms with Crippen molar-refractivity contribution in [1.29, 1.82) is 0 Å². The summed E-state index contributed by atoms with van der Waals surface area (Å²) in [6, 6.07) is 14.4. The summed E-state index contributed by atoms with van der Waals surface area (Å²) in [5.74, 6) is -0.794. The molecule has 2 rings (SSSR count). The summed E-state index contributed by atoms with van der Waals surface area (Å²) in [4.78, 5) is 12.6. The van der Waals surface area contributed by atoms with Crippen LogP contribution in [0, 0.1) is 5.92 Å². The zero-order valence-corrected chi connectivity index (χ0v) is 19.1. The molecule has 0 heterocycles. The second-order valence-electron chi connectivity index (χ2n) is 7.74. The monoisotopic (exact) mass is 484 g/mol. The van der Waals surface area contributed by atoms with Crippen molar-refractivity contribution < 1.29 is 31.1 Å². The van der Waals surface area contributed by atoms with E-state index in [1.807, 2.05) is 6.07 Å². The maximum atomic E-state index is 12.6. The maximum absolute atomic E-state index is 12.6. The van der Waals surface area contributed by atoms with Gasteiger partial charge >= 0.3 is 6.18 Å². The molecule has 0 aliphatic carbocycles. The normalized spacial score (nSPS) is 13.4. The van der Waals surface area contributed by atoms with E-state index in [4.69, 9.17) is 0 Å². The molecule has 6 nitrogen and oxygen atoms in total. The number of rotatable bonds is 11. The van der Waals surface area contributed by atoms with E-state index in [1.165, 1.54) is 6.08 Å². The first-order valence-electron chi connectivity index (χ1n) is 10.2. The maximum Gasteiger partial charge on any atom is 0.411 e. The van der Waals surface area contributed by atoms with Gasteiger partial charge in [-0.1, -0.05) is 68.4 Å². The Balaban J connectivity index is 1.91. The van der Waals surface area contributed by atoms with Gasteiger partial charge in [0, 0.05) is 12.0 Å². The standard InChI is InChI=1S/C23H27F3N2O4S/c1-17(2)21(28-33(30,31)13-12-18-6-4-3-5-7-18)22(29)27-14-19-8-10-20(11-9-19)15-32-16-23(24,25)26/h3-13,17,21,28H,14-16H2,1-2H3,(H,27,29)/b13-12+/t21-/m0/s1. The minimum atomic E-state index is -4.38. The quantitative estimate of drug-likeness (QED) is 0.505. The van der Waals surface area contributed by atoms with Gasteiger partial charge in [0.15, 0.2) is 0 Å². The van der Waals surface area contributed by atoms with Crippen LogP contribution in [0.5, 0.6) is 0 Å². The number of hydrogen-bond acceptors (Lipinski definition) is 4. The average molecular weight is 485 g/mol. The third-order valence-electron chi connectivity index (χ3n) is 4.50. The predicted octanol–water partition coefficient (Wildman–Crippen LogP) is 4.00. The first-order valence-corrected chi connectivity index (χ1v) is 11.8. The highest BCUT2D eigenvalue weighted by molar-refractivity contribution is 7.92. The number of carbonyl (C=O) groups excluding carboxylic acids is 1. The third-order valence-corrected chi connectivity index (χ3v) is 5.58. The largest absolute Gasteiger partial charge is 0.411 e. The molecule has 0 bridgehead atoms. The van der Waals surface area contributed by atoms with Crippen molar-refractivity contribution in [2.24, 2.45) is 5.92 Å². The highest BCUT2D eigenvalue weighted by Gasteiger charge is 2.27. The number of sulfonamides is 1. The van der Waals surface area contributed by atoms with Crippen LogP contribution in [0.4, 0.5) is 13.2 Å². The van der Waals surface area contributed by atoms with Crippen LogP contribution in [-0.2, 0) is 32.7 Å². The van der Waals surface area contributed by atoms with E-state index >= 15 is 0 Å². The Morgan fingerprint density at radius 1 is 1.03 bits per heavy atom. The van der Waals surface area contributed by atoms with Gasteiger partial charge in [-0.05, 0) is 28.7 Å². The van der Waals surface area contributed by atoms with Crippen LogP contribution in [0.1, 0.15) is 30.5 Å². The number of benzene rings is 2. The molecule has 33 heavy (non-hydrogen) atoms. The van der Waals surface area contributed by atoms with Gasteiger partial charge in [0.05, 0.1) is 6.61 Å². The summed E-state index contributed by atoms with van der Waals surface area (Å²) in [5.41, 5.74) is 1.98. The van der Waals surface area contributed by atoms with E-state index in [1.54, 1.807) is 62.4 Å². The van der Waals surface area contributed by atoms with Crippen LogP contribution in [0.15, 0.2) is 60.0 Å². The number of nitrogens with one attached hydrogen (secondary N) is 2. The molecule has 0 aromatic heterocycles. The Morgan fingerprint density at radius 2 is 1.64 bits per heavy atom. The van der Waals surface area contributed by atoms with E-state index in [9.17, 15) is 26.4 Å². The molecule has 180 valence electrons. The van der Waals surface area contributed by atoms with E-state index in [2.05, 4.69) is 14.8 Å². The smallest absolute Gasteiger partial charge is 0.367 e. The molecule has 0 saturated carbocycles. The number of halogens is 3. The third kappa shape index (κ3) is 10.2. The molecule has 1 atom stereocenters. The van der Waals surface area contributed by atoms with Crippen molar-refractivity contribution in [3.8, 4) is 0 Å². The minimum absolute atomic E-state index is 0.132. The Bertz CT molecular complexity index is 1020. The first-order chi connectivity index (χ1) is 15.5. The fourth-order valence-electron chi connectivity index (χ4n) is 2.78. The van der Waals surface area contributed by atoms with Crippen molar-refractivity contribution in [3.63, 3.8) is 0 Å².